The van der Waals surface area contributed by atoms with Crippen molar-refractivity contribution >= 4 is 5.78 Å². The number of hydrogen-bond donors (Lipinski definition) is 0. The Kier molecular flexibility index (Phi) is 4.59. The van der Waals surface area contributed by atoms with Gasteiger partial charge in [0.25, 0.3) is 0 Å². The first-order valence-corrected chi connectivity index (χ1v) is 6.96. The second-order valence-corrected chi connectivity index (χ2v) is 5.50. The molecule has 0 aliphatic heterocycles. The Morgan fingerprint density at radius 3 is 2.42 bits per heavy atom. The number of hydrogen-bond acceptors (Lipinski definition) is 3. The molecule has 1 saturated carbocycles. The highest BCUT2D eigenvalue weighted by molar-refractivity contribution is 5.82. The van der Waals surface area contributed by atoms with E-state index in [0.717, 1.165) is 31.4 Å². The van der Waals surface area contributed by atoms with Crippen molar-refractivity contribution < 1.29 is 9.53 Å². The molecule has 0 aromatic heterocycles. The number of carbonyl (C=O) groups is 1. The summed E-state index contributed by atoms with van der Waals surface area (Å²) in [5.74, 6) is 1.41. The number of ether oxygens (including phenoxy) is 1. The minimum atomic E-state index is 0.136. The van der Waals surface area contributed by atoms with Gasteiger partial charge in [0.15, 0.2) is 0 Å². The van der Waals surface area contributed by atoms with E-state index in [2.05, 4.69) is 31.1 Å². The maximum absolute atomic E-state index is 12.2. The van der Waals surface area contributed by atoms with Crippen LogP contribution >= 0.6 is 0 Å². The van der Waals surface area contributed by atoms with Crippen LogP contribution in [0, 0.1) is 5.92 Å². The van der Waals surface area contributed by atoms with E-state index < -0.39 is 0 Å². The fourth-order valence-electron chi connectivity index (χ4n) is 3.04. The number of ketones is 1. The van der Waals surface area contributed by atoms with Gasteiger partial charge in [0.05, 0.1) is 7.11 Å². The summed E-state index contributed by atoms with van der Waals surface area (Å²) in [6.45, 7) is 0. The Labute approximate surface area is 115 Å². The lowest BCUT2D eigenvalue weighted by Gasteiger charge is -2.34. The Morgan fingerprint density at radius 2 is 1.89 bits per heavy atom. The molecule has 0 radical (unpaired) electrons. The van der Waals surface area contributed by atoms with E-state index in [4.69, 9.17) is 4.74 Å². The van der Waals surface area contributed by atoms with Gasteiger partial charge in [-0.3, -0.25) is 4.79 Å². The third-order valence-electron chi connectivity index (χ3n) is 4.00. The molecule has 1 fully saturated rings. The van der Waals surface area contributed by atoms with Crippen molar-refractivity contribution in [3.8, 4) is 5.75 Å². The van der Waals surface area contributed by atoms with Crippen molar-refractivity contribution in [2.24, 2.45) is 5.92 Å². The van der Waals surface area contributed by atoms with Gasteiger partial charge in [-0.25, -0.2) is 0 Å². The topological polar surface area (TPSA) is 29.5 Å². The van der Waals surface area contributed by atoms with Gasteiger partial charge in [0.2, 0.25) is 0 Å². The van der Waals surface area contributed by atoms with Gasteiger partial charge in [-0.15, -0.1) is 0 Å². The van der Waals surface area contributed by atoms with Crippen LogP contribution in [-0.4, -0.2) is 31.9 Å². The molecule has 1 aliphatic carbocycles. The van der Waals surface area contributed by atoms with Gasteiger partial charge < -0.3 is 9.64 Å². The lowest BCUT2D eigenvalue weighted by molar-refractivity contribution is -0.126. The largest absolute Gasteiger partial charge is 0.497 e. The first kappa shape index (κ1) is 14.1. The van der Waals surface area contributed by atoms with E-state index >= 15 is 0 Å². The number of nitrogens with zero attached hydrogens (tertiary/aromatic N) is 1. The van der Waals surface area contributed by atoms with E-state index in [1.807, 2.05) is 12.1 Å². The summed E-state index contributed by atoms with van der Waals surface area (Å²) in [7, 11) is 5.77. The van der Waals surface area contributed by atoms with E-state index in [-0.39, 0.29) is 12.0 Å². The molecule has 0 bridgehead atoms. The van der Waals surface area contributed by atoms with Gasteiger partial charge in [0.1, 0.15) is 11.5 Å². The smallest absolute Gasteiger partial charge is 0.137 e. The molecule has 0 heterocycles. The highest BCUT2D eigenvalue weighted by Crippen LogP contribution is 2.35. The molecule has 3 heteroatoms. The lowest BCUT2D eigenvalue weighted by atomic mass is 9.79. The molecule has 2 rings (SSSR count). The predicted molar refractivity (Wildman–Crippen MR) is 76.4 cm³/mol. The first-order chi connectivity index (χ1) is 9.13. The number of rotatable bonds is 4. The van der Waals surface area contributed by atoms with Crippen molar-refractivity contribution in [3.05, 3.63) is 29.8 Å². The third kappa shape index (κ3) is 3.16. The van der Waals surface area contributed by atoms with Crippen LogP contribution < -0.4 is 4.74 Å². The van der Waals surface area contributed by atoms with Crippen LogP contribution in [0.1, 0.15) is 37.3 Å². The monoisotopic (exact) mass is 261 g/mol. The van der Waals surface area contributed by atoms with Crippen molar-refractivity contribution in [2.45, 2.75) is 31.7 Å². The van der Waals surface area contributed by atoms with Gasteiger partial charge in [-0.1, -0.05) is 18.6 Å². The van der Waals surface area contributed by atoms with E-state index in [9.17, 15) is 4.79 Å². The van der Waals surface area contributed by atoms with Gasteiger partial charge in [-0.05, 0) is 44.6 Å². The summed E-state index contributed by atoms with van der Waals surface area (Å²) in [5.41, 5.74) is 1.20. The summed E-state index contributed by atoms with van der Waals surface area (Å²) in [6.07, 6.45) is 3.97. The Morgan fingerprint density at radius 1 is 1.21 bits per heavy atom. The summed E-state index contributed by atoms with van der Waals surface area (Å²) in [5, 5.41) is 0. The molecule has 0 unspecified atom stereocenters. The number of benzene rings is 1. The van der Waals surface area contributed by atoms with E-state index in [0.29, 0.717) is 5.78 Å². The van der Waals surface area contributed by atoms with Crippen LogP contribution in [0.2, 0.25) is 0 Å². The van der Waals surface area contributed by atoms with Crippen LogP contribution in [0.5, 0.6) is 5.75 Å². The molecule has 1 aromatic rings. The minimum absolute atomic E-state index is 0.136. The predicted octanol–water partition coefficient (Wildman–Crippen LogP) is 3.06. The molecule has 1 aromatic carbocycles. The van der Waals surface area contributed by atoms with Gasteiger partial charge >= 0.3 is 0 Å². The van der Waals surface area contributed by atoms with Crippen LogP contribution in [0.25, 0.3) is 0 Å². The summed E-state index contributed by atoms with van der Waals surface area (Å²) in [4.78, 5) is 14.3. The zero-order chi connectivity index (χ0) is 13.8. The lowest BCUT2D eigenvalue weighted by Crippen LogP contribution is -2.34. The Balaban J connectivity index is 2.25. The first-order valence-electron chi connectivity index (χ1n) is 6.96. The molecule has 0 spiro atoms. The Bertz CT molecular complexity index is 425. The quantitative estimate of drug-likeness (QED) is 0.834. The number of Topliss-reactive ketones (excluding diaryl/α,β-unsaturated/α-hetero) is 1. The molecule has 0 amide bonds. The van der Waals surface area contributed by atoms with Crippen molar-refractivity contribution in [3.63, 3.8) is 0 Å². The number of carbonyl (C=O) groups excluding carboxylic acids is 1. The molecule has 104 valence electrons. The number of methoxy groups -OCH3 is 1. The molecule has 0 N–H and O–H groups in total. The van der Waals surface area contributed by atoms with Gasteiger partial charge in [-0.2, -0.15) is 0 Å². The highest BCUT2D eigenvalue weighted by Gasteiger charge is 2.32. The van der Waals surface area contributed by atoms with E-state index in [1.165, 1.54) is 5.56 Å². The maximum atomic E-state index is 12.2. The normalized spacial score (nSPS) is 21.5. The second kappa shape index (κ2) is 6.20. The van der Waals surface area contributed by atoms with Crippen molar-refractivity contribution in [1.82, 2.24) is 4.90 Å². The molecule has 0 saturated heterocycles. The molecule has 2 atom stereocenters. The Hall–Kier alpha value is -1.35. The fourth-order valence-corrected chi connectivity index (χ4v) is 3.04. The standard InChI is InChI=1S/C16H23NO2/c1-17(2)16(14-6-4-5-7-15(14)18)12-8-10-13(19-3)11-9-12/h8-11,14,16H,4-7H2,1-3H3/t14-,16+/m1/s1. The average molecular weight is 261 g/mol. The highest BCUT2D eigenvalue weighted by atomic mass is 16.5. The third-order valence-corrected chi connectivity index (χ3v) is 4.00. The van der Waals surface area contributed by atoms with Crippen LogP contribution in [0.3, 0.4) is 0 Å². The summed E-state index contributed by atoms with van der Waals surface area (Å²) >= 11 is 0. The fraction of sp³-hybridized carbons (Fsp3) is 0.562. The van der Waals surface area contributed by atoms with Crippen LogP contribution in [0.15, 0.2) is 24.3 Å². The molecular formula is C16H23NO2. The summed E-state index contributed by atoms with van der Waals surface area (Å²) in [6, 6.07) is 8.27. The second-order valence-electron chi connectivity index (χ2n) is 5.50. The zero-order valence-electron chi connectivity index (χ0n) is 12.1. The van der Waals surface area contributed by atoms with Crippen LogP contribution in [-0.2, 0) is 4.79 Å². The van der Waals surface area contributed by atoms with Gasteiger partial charge in [0, 0.05) is 18.4 Å². The SMILES string of the molecule is COc1ccc([C@@H]([C@@H]2CCCCC2=O)N(C)C)cc1. The molecular weight excluding hydrogens is 238 g/mol. The zero-order valence-corrected chi connectivity index (χ0v) is 12.1. The average Bonchev–Trinajstić information content (AvgIpc) is 2.42. The summed E-state index contributed by atoms with van der Waals surface area (Å²) < 4.78 is 5.20. The van der Waals surface area contributed by atoms with E-state index in [1.54, 1.807) is 7.11 Å². The molecule has 19 heavy (non-hydrogen) atoms. The van der Waals surface area contributed by atoms with Crippen molar-refractivity contribution in [1.29, 1.82) is 0 Å². The molecule has 1 aliphatic rings. The van der Waals surface area contributed by atoms with Crippen molar-refractivity contribution in [2.75, 3.05) is 21.2 Å². The maximum Gasteiger partial charge on any atom is 0.137 e. The van der Waals surface area contributed by atoms with Crippen LogP contribution in [0.4, 0.5) is 0 Å². The minimum Gasteiger partial charge on any atom is -0.497 e. The molecule has 3 nitrogen and oxygen atoms in total.